The second-order valence-corrected chi connectivity index (χ2v) is 11.6. The number of benzene rings is 2. The van der Waals surface area contributed by atoms with Crippen LogP contribution in [0.3, 0.4) is 0 Å². The van der Waals surface area contributed by atoms with Crippen molar-refractivity contribution >= 4 is 23.0 Å². The molecule has 0 amide bonds. The monoisotopic (exact) mass is 582 g/mol. The topological polar surface area (TPSA) is 62.7 Å². The van der Waals surface area contributed by atoms with Crippen molar-refractivity contribution in [2.45, 2.75) is 64.1 Å². The Labute approximate surface area is 254 Å². The van der Waals surface area contributed by atoms with E-state index >= 15 is 0 Å². The first kappa shape index (κ1) is 30.0. The van der Waals surface area contributed by atoms with Crippen LogP contribution in [0.5, 0.6) is 5.75 Å². The van der Waals surface area contributed by atoms with Gasteiger partial charge in [0.05, 0.1) is 11.3 Å². The van der Waals surface area contributed by atoms with E-state index in [1.807, 2.05) is 48.7 Å². The van der Waals surface area contributed by atoms with Gasteiger partial charge < -0.3 is 14.7 Å². The van der Waals surface area contributed by atoms with Gasteiger partial charge in [0.15, 0.2) is 5.78 Å². The molecule has 2 aliphatic rings. The Morgan fingerprint density at radius 2 is 1.93 bits per heavy atom. The molecule has 6 heteroatoms. The van der Waals surface area contributed by atoms with E-state index in [4.69, 9.17) is 16.3 Å². The van der Waals surface area contributed by atoms with Crippen molar-refractivity contribution in [1.82, 2.24) is 9.88 Å². The molecule has 0 radical (unpaired) electrons. The van der Waals surface area contributed by atoms with Gasteiger partial charge in [-0.15, -0.1) is 5.73 Å². The van der Waals surface area contributed by atoms with Crippen molar-refractivity contribution in [3.63, 3.8) is 0 Å². The number of hydrogen-bond donors (Lipinski definition) is 1. The maximum atomic E-state index is 12.4. The molecule has 1 aromatic heterocycles. The molecule has 2 aromatic carbocycles. The number of carbonyl (C=O) groups is 1. The van der Waals surface area contributed by atoms with E-state index in [-0.39, 0.29) is 5.78 Å². The second-order valence-electron chi connectivity index (χ2n) is 11.2. The fourth-order valence-electron chi connectivity index (χ4n) is 5.68. The van der Waals surface area contributed by atoms with Crippen molar-refractivity contribution < 1.29 is 14.6 Å². The molecular weight excluding hydrogens is 544 g/mol. The summed E-state index contributed by atoms with van der Waals surface area (Å²) in [6.45, 7) is 5.10. The number of ether oxygens (including phenoxy) is 1. The predicted molar refractivity (Wildman–Crippen MR) is 169 cm³/mol. The van der Waals surface area contributed by atoms with Crippen LogP contribution in [0.15, 0.2) is 84.8 Å². The summed E-state index contributed by atoms with van der Waals surface area (Å²) < 4.78 is 6.19. The number of allylic oxidation sites excluding steroid dienone is 1. The van der Waals surface area contributed by atoms with Gasteiger partial charge in [0.2, 0.25) is 0 Å². The summed E-state index contributed by atoms with van der Waals surface area (Å²) >= 11 is 6.05. The average molecular weight is 583 g/mol. The summed E-state index contributed by atoms with van der Waals surface area (Å²) in [5, 5.41) is 12.0. The number of fused-ring (bicyclic) bond motifs is 2. The van der Waals surface area contributed by atoms with Crippen molar-refractivity contribution in [1.29, 1.82) is 0 Å². The van der Waals surface area contributed by atoms with Crippen LogP contribution in [-0.4, -0.2) is 40.4 Å². The summed E-state index contributed by atoms with van der Waals surface area (Å²) in [6.07, 6.45) is 12.9. The van der Waals surface area contributed by atoms with Gasteiger partial charge in [0, 0.05) is 54.5 Å². The first-order valence-corrected chi connectivity index (χ1v) is 15.4. The van der Waals surface area contributed by atoms with Crippen LogP contribution in [0, 0.1) is 0 Å². The van der Waals surface area contributed by atoms with E-state index in [1.54, 1.807) is 6.08 Å². The maximum absolute atomic E-state index is 12.4. The molecule has 5 rings (SSSR count). The standard InChI is InChI=1S/C36H39ClN2O3/c1-2-3-4-5-8-30(40)17-11-27-12-18-35-33(25-27)31(32-9-6-21-38-34(32)26-42-35)10-7-22-39-23-19-36(41,20-24-39)28-13-15-29(37)16-14-28/h4,6,8-10,12-16,18,21,25,41H,2-3,7,11,17,19-20,22-24,26H2,1H3/b31-10+. The number of rotatable bonds is 10. The molecule has 42 heavy (non-hydrogen) atoms. The molecule has 1 fully saturated rings. The molecule has 1 N–H and O–H groups in total. The minimum absolute atomic E-state index is 0.0864. The van der Waals surface area contributed by atoms with Gasteiger partial charge in [-0.2, -0.15) is 0 Å². The highest BCUT2D eigenvalue weighted by atomic mass is 35.5. The number of aromatic nitrogens is 1. The molecule has 0 atom stereocenters. The van der Waals surface area contributed by atoms with Gasteiger partial charge in [-0.1, -0.05) is 55.3 Å². The number of aliphatic hydroxyl groups is 1. The van der Waals surface area contributed by atoms with Gasteiger partial charge >= 0.3 is 0 Å². The molecule has 3 heterocycles. The minimum atomic E-state index is -0.804. The smallest absolute Gasteiger partial charge is 0.163 e. The van der Waals surface area contributed by atoms with Crippen LogP contribution in [0.4, 0.5) is 0 Å². The van der Waals surface area contributed by atoms with Gasteiger partial charge in [-0.25, -0.2) is 0 Å². The van der Waals surface area contributed by atoms with E-state index in [0.29, 0.717) is 37.3 Å². The third-order valence-corrected chi connectivity index (χ3v) is 8.44. The second kappa shape index (κ2) is 14.1. The minimum Gasteiger partial charge on any atom is -0.487 e. The number of unbranched alkanes of at least 4 members (excludes halogenated alkanes) is 1. The molecule has 3 aromatic rings. The van der Waals surface area contributed by atoms with Crippen LogP contribution < -0.4 is 4.74 Å². The summed E-state index contributed by atoms with van der Waals surface area (Å²) in [5.41, 5.74) is 8.42. The number of nitrogens with zero attached hydrogens (tertiary/aromatic N) is 2. The number of piperidine rings is 1. The van der Waals surface area contributed by atoms with E-state index in [1.165, 1.54) is 0 Å². The fraction of sp³-hybridized carbons (Fsp3) is 0.361. The summed E-state index contributed by atoms with van der Waals surface area (Å²) in [4.78, 5) is 19.4. The average Bonchev–Trinajstić information content (AvgIpc) is 3.16. The predicted octanol–water partition coefficient (Wildman–Crippen LogP) is 7.45. The van der Waals surface area contributed by atoms with Crippen LogP contribution in [0.25, 0.3) is 5.57 Å². The van der Waals surface area contributed by atoms with Crippen molar-refractivity contribution in [2.75, 3.05) is 19.6 Å². The molecule has 0 unspecified atom stereocenters. The fourth-order valence-corrected chi connectivity index (χ4v) is 5.81. The van der Waals surface area contributed by atoms with Gasteiger partial charge in [-0.05, 0) is 85.2 Å². The third kappa shape index (κ3) is 7.48. The Hall–Kier alpha value is -3.47. The number of likely N-dealkylation sites (tertiary alicyclic amines) is 1. The first-order valence-electron chi connectivity index (χ1n) is 15.0. The van der Waals surface area contributed by atoms with Crippen molar-refractivity contribution in [3.05, 3.63) is 118 Å². The molecule has 2 aliphatic heterocycles. The molecule has 0 saturated carbocycles. The Bertz CT molecular complexity index is 1480. The van der Waals surface area contributed by atoms with Gasteiger partial charge in [0.25, 0.3) is 0 Å². The highest BCUT2D eigenvalue weighted by Crippen LogP contribution is 2.38. The van der Waals surface area contributed by atoms with Gasteiger partial charge in [-0.3, -0.25) is 9.78 Å². The van der Waals surface area contributed by atoms with E-state index < -0.39 is 5.60 Å². The number of pyridine rings is 1. The highest BCUT2D eigenvalue weighted by molar-refractivity contribution is 6.30. The number of ketones is 1. The first-order chi connectivity index (χ1) is 20.4. The summed E-state index contributed by atoms with van der Waals surface area (Å²) in [7, 11) is 0. The van der Waals surface area contributed by atoms with Crippen LogP contribution >= 0.6 is 11.6 Å². The molecule has 1 saturated heterocycles. The Kier molecular flexibility index (Phi) is 10.1. The zero-order valence-electron chi connectivity index (χ0n) is 24.3. The number of hydrogen-bond acceptors (Lipinski definition) is 5. The molecule has 0 spiro atoms. The van der Waals surface area contributed by atoms with E-state index in [0.717, 1.165) is 78.2 Å². The summed E-state index contributed by atoms with van der Waals surface area (Å²) in [6, 6.07) is 17.9. The molecule has 218 valence electrons. The van der Waals surface area contributed by atoms with Crippen LogP contribution in [0.2, 0.25) is 5.02 Å². The highest BCUT2D eigenvalue weighted by Gasteiger charge is 2.33. The summed E-state index contributed by atoms with van der Waals surface area (Å²) in [5.74, 6) is 0.922. The van der Waals surface area contributed by atoms with Gasteiger partial charge in [0.1, 0.15) is 12.4 Å². The number of carbonyl (C=O) groups excluding carboxylic acids is 1. The molecule has 0 aliphatic carbocycles. The lowest BCUT2D eigenvalue weighted by Crippen LogP contribution is -2.42. The lowest BCUT2D eigenvalue weighted by atomic mass is 9.84. The van der Waals surface area contributed by atoms with Crippen molar-refractivity contribution in [3.8, 4) is 5.75 Å². The Morgan fingerprint density at radius 1 is 1.12 bits per heavy atom. The Balaban J connectivity index is 1.29. The van der Waals surface area contributed by atoms with Crippen molar-refractivity contribution in [2.24, 2.45) is 0 Å². The molecule has 0 bridgehead atoms. The quantitative estimate of drug-likeness (QED) is 0.199. The van der Waals surface area contributed by atoms with Crippen LogP contribution in [-0.2, 0) is 23.4 Å². The maximum Gasteiger partial charge on any atom is 0.163 e. The van der Waals surface area contributed by atoms with E-state index in [2.05, 4.69) is 46.8 Å². The zero-order valence-corrected chi connectivity index (χ0v) is 25.1. The molecular formula is C36H39ClN2O3. The van der Waals surface area contributed by atoms with Crippen LogP contribution in [0.1, 0.15) is 73.4 Å². The lowest BCUT2D eigenvalue weighted by Gasteiger charge is -2.38. The Morgan fingerprint density at radius 3 is 2.71 bits per heavy atom. The number of halogens is 1. The third-order valence-electron chi connectivity index (χ3n) is 8.19. The SMILES string of the molecule is CCCC=C=CC(=O)CCc1ccc2c(c1)/C(=C/CCN1CCC(O)(c3ccc(Cl)cc3)CC1)c1cccnc1CO2. The normalized spacial score (nSPS) is 16.9. The van der Waals surface area contributed by atoms with E-state index in [9.17, 15) is 9.90 Å². The largest absolute Gasteiger partial charge is 0.487 e. The zero-order chi connectivity index (χ0) is 29.4. The lowest BCUT2D eigenvalue weighted by molar-refractivity contribution is -0.114. The number of aryl methyl sites for hydroxylation is 1. The molecule has 5 nitrogen and oxygen atoms in total.